The highest BCUT2D eigenvalue weighted by Crippen LogP contribution is 2.29. The maximum absolute atomic E-state index is 12.4. The van der Waals surface area contributed by atoms with Gasteiger partial charge in [-0.2, -0.15) is 0 Å². The number of likely N-dealkylation sites (tertiary alicyclic amines) is 1. The van der Waals surface area contributed by atoms with Crippen molar-refractivity contribution in [1.82, 2.24) is 10.2 Å². The monoisotopic (exact) mass is 295 g/mol. The molecule has 1 aromatic carbocycles. The van der Waals surface area contributed by atoms with E-state index in [1.54, 1.807) is 4.90 Å². The third-order valence-electron chi connectivity index (χ3n) is 4.02. The molecule has 3 rings (SSSR count). The molecule has 2 aliphatic rings. The number of carbonyl (C=O) groups excluding carboxylic acids is 1. The Hall–Kier alpha value is -1.66. The molecule has 1 amide bonds. The molecule has 106 valence electrons. The molecule has 20 heavy (non-hydrogen) atoms. The number of rotatable bonds is 2. The highest BCUT2D eigenvalue weighted by atomic mass is 35.5. The number of amides is 1. The van der Waals surface area contributed by atoms with Crippen molar-refractivity contribution in [1.29, 1.82) is 0 Å². The Balaban J connectivity index is 1.82. The predicted molar refractivity (Wildman–Crippen MR) is 73.9 cm³/mol. The van der Waals surface area contributed by atoms with Gasteiger partial charge in [-0.05, 0) is 17.9 Å². The van der Waals surface area contributed by atoms with Crippen LogP contribution in [-0.4, -0.2) is 41.9 Å². The molecule has 2 aliphatic heterocycles. The Morgan fingerprint density at radius 3 is 2.55 bits per heavy atom. The van der Waals surface area contributed by atoms with Crippen LogP contribution in [0.3, 0.4) is 0 Å². The molecule has 0 saturated carbocycles. The summed E-state index contributed by atoms with van der Waals surface area (Å²) in [7, 11) is 0. The van der Waals surface area contributed by atoms with Crippen molar-refractivity contribution in [2.75, 3.05) is 26.2 Å². The molecule has 7 heteroatoms. The fourth-order valence-electron chi connectivity index (χ4n) is 3.01. The van der Waals surface area contributed by atoms with E-state index in [1.165, 1.54) is 18.2 Å². The molecule has 2 fully saturated rings. The van der Waals surface area contributed by atoms with E-state index in [0.29, 0.717) is 24.9 Å². The molecule has 0 bridgehead atoms. The van der Waals surface area contributed by atoms with Crippen LogP contribution in [0.4, 0.5) is 5.69 Å². The van der Waals surface area contributed by atoms with E-state index in [1.807, 2.05) is 0 Å². The largest absolute Gasteiger partial charge is 0.338 e. The summed E-state index contributed by atoms with van der Waals surface area (Å²) in [5.41, 5.74) is 0.138. The lowest BCUT2D eigenvalue weighted by atomic mass is 10.0. The van der Waals surface area contributed by atoms with E-state index < -0.39 is 4.92 Å². The summed E-state index contributed by atoms with van der Waals surface area (Å²) in [6, 6.07) is 4.03. The number of fused-ring (bicyclic) bond motifs is 1. The number of nitrogens with one attached hydrogen (secondary N) is 1. The first kappa shape index (κ1) is 13.3. The first-order valence-electron chi connectivity index (χ1n) is 6.49. The number of nitro benzene ring substituents is 1. The molecule has 0 radical (unpaired) electrons. The molecule has 1 N–H and O–H groups in total. The van der Waals surface area contributed by atoms with E-state index in [2.05, 4.69) is 5.32 Å². The van der Waals surface area contributed by atoms with Gasteiger partial charge in [-0.1, -0.05) is 11.6 Å². The second kappa shape index (κ2) is 5.03. The smallest absolute Gasteiger partial charge is 0.271 e. The zero-order chi connectivity index (χ0) is 14.3. The van der Waals surface area contributed by atoms with Gasteiger partial charge in [0.1, 0.15) is 0 Å². The molecule has 2 unspecified atom stereocenters. The number of benzene rings is 1. The number of non-ortho nitro benzene ring substituents is 1. The van der Waals surface area contributed by atoms with Crippen LogP contribution in [0.15, 0.2) is 18.2 Å². The number of nitro groups is 1. The van der Waals surface area contributed by atoms with Gasteiger partial charge >= 0.3 is 0 Å². The van der Waals surface area contributed by atoms with Crippen LogP contribution in [0.5, 0.6) is 0 Å². The Morgan fingerprint density at radius 2 is 1.95 bits per heavy atom. The van der Waals surface area contributed by atoms with E-state index in [9.17, 15) is 14.9 Å². The highest BCUT2D eigenvalue weighted by Gasteiger charge is 2.38. The Labute approximate surface area is 120 Å². The van der Waals surface area contributed by atoms with Crippen molar-refractivity contribution in [2.24, 2.45) is 11.8 Å². The highest BCUT2D eigenvalue weighted by molar-refractivity contribution is 6.31. The van der Waals surface area contributed by atoms with E-state index >= 15 is 0 Å². The van der Waals surface area contributed by atoms with Crippen molar-refractivity contribution in [3.63, 3.8) is 0 Å². The minimum Gasteiger partial charge on any atom is -0.338 e. The lowest BCUT2D eigenvalue weighted by Crippen LogP contribution is -2.31. The lowest BCUT2D eigenvalue weighted by molar-refractivity contribution is -0.384. The SMILES string of the molecule is O=C(c1cc(Cl)cc([N+](=O)[O-])c1)N1CC2CNCC2C1. The van der Waals surface area contributed by atoms with Crippen LogP contribution in [0.25, 0.3) is 0 Å². The van der Waals surface area contributed by atoms with Crippen LogP contribution < -0.4 is 5.32 Å². The van der Waals surface area contributed by atoms with Gasteiger partial charge in [0, 0.05) is 48.9 Å². The molecule has 2 atom stereocenters. The minimum absolute atomic E-state index is 0.151. The second-order valence-electron chi connectivity index (χ2n) is 5.34. The quantitative estimate of drug-likeness (QED) is 0.663. The second-order valence-corrected chi connectivity index (χ2v) is 5.78. The number of nitrogens with zero attached hydrogens (tertiary/aromatic N) is 2. The lowest BCUT2D eigenvalue weighted by Gasteiger charge is -2.17. The first-order valence-corrected chi connectivity index (χ1v) is 6.87. The Morgan fingerprint density at radius 1 is 1.30 bits per heavy atom. The normalized spacial score (nSPS) is 24.8. The number of carbonyl (C=O) groups is 1. The first-order chi connectivity index (χ1) is 9.54. The summed E-state index contributed by atoms with van der Waals surface area (Å²) < 4.78 is 0. The zero-order valence-corrected chi connectivity index (χ0v) is 11.5. The summed E-state index contributed by atoms with van der Waals surface area (Å²) in [6.45, 7) is 3.28. The zero-order valence-electron chi connectivity index (χ0n) is 10.7. The summed E-state index contributed by atoms with van der Waals surface area (Å²) in [6.07, 6.45) is 0. The third kappa shape index (κ3) is 2.36. The Kier molecular flexibility index (Phi) is 3.35. The van der Waals surface area contributed by atoms with Crippen LogP contribution >= 0.6 is 11.6 Å². The predicted octanol–water partition coefficient (Wildman–Crippen LogP) is 1.54. The average molecular weight is 296 g/mol. The van der Waals surface area contributed by atoms with Crippen LogP contribution in [0, 0.1) is 22.0 Å². The molecular weight excluding hydrogens is 282 g/mol. The fourth-order valence-corrected chi connectivity index (χ4v) is 3.24. The van der Waals surface area contributed by atoms with Crippen molar-refractivity contribution in [2.45, 2.75) is 0 Å². The van der Waals surface area contributed by atoms with Crippen molar-refractivity contribution in [3.8, 4) is 0 Å². The molecule has 6 nitrogen and oxygen atoms in total. The Bertz CT molecular complexity index is 566. The summed E-state index contributed by atoms with van der Waals surface area (Å²) in [4.78, 5) is 24.5. The van der Waals surface area contributed by atoms with Crippen LogP contribution in [0.1, 0.15) is 10.4 Å². The molecule has 2 heterocycles. The number of hydrogen-bond donors (Lipinski definition) is 1. The summed E-state index contributed by atoms with van der Waals surface area (Å²) in [5.74, 6) is 0.811. The third-order valence-corrected chi connectivity index (χ3v) is 4.24. The number of hydrogen-bond acceptors (Lipinski definition) is 4. The van der Waals surface area contributed by atoms with Gasteiger partial charge in [-0.3, -0.25) is 14.9 Å². The standard InChI is InChI=1S/C13H14ClN3O3/c14-11-1-8(2-12(3-11)17(19)20)13(18)16-6-9-4-15-5-10(9)7-16/h1-3,9-10,15H,4-7H2. The van der Waals surface area contributed by atoms with Gasteiger partial charge < -0.3 is 10.2 Å². The molecule has 0 spiro atoms. The van der Waals surface area contributed by atoms with E-state index in [0.717, 1.165) is 13.1 Å². The van der Waals surface area contributed by atoms with Crippen molar-refractivity contribution in [3.05, 3.63) is 38.9 Å². The topological polar surface area (TPSA) is 75.5 Å². The maximum Gasteiger partial charge on any atom is 0.271 e. The van der Waals surface area contributed by atoms with Gasteiger partial charge in [0.25, 0.3) is 11.6 Å². The molecular formula is C13H14ClN3O3. The van der Waals surface area contributed by atoms with Gasteiger partial charge in [0.05, 0.1) is 4.92 Å². The maximum atomic E-state index is 12.4. The van der Waals surface area contributed by atoms with E-state index in [-0.39, 0.29) is 22.2 Å². The molecule has 0 aromatic heterocycles. The summed E-state index contributed by atoms with van der Waals surface area (Å²) >= 11 is 5.86. The van der Waals surface area contributed by atoms with E-state index in [4.69, 9.17) is 11.6 Å². The van der Waals surface area contributed by atoms with Gasteiger partial charge in [-0.15, -0.1) is 0 Å². The number of halogens is 1. The molecule has 2 saturated heterocycles. The molecule has 1 aromatic rings. The average Bonchev–Trinajstić information content (AvgIpc) is 2.97. The van der Waals surface area contributed by atoms with Gasteiger partial charge in [-0.25, -0.2) is 0 Å². The minimum atomic E-state index is -0.536. The van der Waals surface area contributed by atoms with Gasteiger partial charge in [0.15, 0.2) is 0 Å². The van der Waals surface area contributed by atoms with Crippen LogP contribution in [-0.2, 0) is 0 Å². The van der Waals surface area contributed by atoms with Crippen molar-refractivity contribution >= 4 is 23.2 Å². The van der Waals surface area contributed by atoms with Crippen molar-refractivity contribution < 1.29 is 9.72 Å². The molecule has 0 aliphatic carbocycles. The summed E-state index contributed by atoms with van der Waals surface area (Å²) in [5, 5.41) is 14.3. The van der Waals surface area contributed by atoms with Crippen LogP contribution in [0.2, 0.25) is 5.02 Å². The fraction of sp³-hybridized carbons (Fsp3) is 0.462. The van der Waals surface area contributed by atoms with Gasteiger partial charge in [0.2, 0.25) is 0 Å².